The van der Waals surface area contributed by atoms with Gasteiger partial charge in [-0.15, -0.1) is 0 Å². The Morgan fingerprint density at radius 1 is 0.963 bits per heavy atom. The Morgan fingerprint density at radius 3 is 2.30 bits per heavy atom. The van der Waals surface area contributed by atoms with Crippen molar-refractivity contribution in [2.75, 3.05) is 19.5 Å². The van der Waals surface area contributed by atoms with Gasteiger partial charge in [0, 0.05) is 18.5 Å². The zero-order valence-electron chi connectivity index (χ0n) is 15.6. The predicted octanol–water partition coefficient (Wildman–Crippen LogP) is 2.88. The number of nitrogens with zero attached hydrogens (tertiary/aromatic N) is 1. The Balaban J connectivity index is 1.77. The third-order valence-corrected chi connectivity index (χ3v) is 3.72. The monoisotopic (exact) mass is 369 g/mol. The standard InChI is InChI=1S/C20H23N3O4/c1-14-4-7-16(8-5-14)22-19(24)10-11-20(25)23-21-13-15-6-9-17(26-2)18(12-15)27-3/h4-9,12-13H,10-11H2,1-3H3,(H,22,24)(H,23,25). The summed E-state index contributed by atoms with van der Waals surface area (Å²) in [6, 6.07) is 12.7. The molecule has 0 unspecified atom stereocenters. The highest BCUT2D eigenvalue weighted by Crippen LogP contribution is 2.26. The first-order chi connectivity index (χ1) is 13.0. The minimum atomic E-state index is -0.342. The second kappa shape index (κ2) is 9.96. The number of hydrogen-bond acceptors (Lipinski definition) is 5. The van der Waals surface area contributed by atoms with Crippen molar-refractivity contribution in [3.63, 3.8) is 0 Å². The van der Waals surface area contributed by atoms with Gasteiger partial charge in [-0.2, -0.15) is 5.10 Å². The van der Waals surface area contributed by atoms with Crippen LogP contribution >= 0.6 is 0 Å². The summed E-state index contributed by atoms with van der Waals surface area (Å²) in [4.78, 5) is 23.7. The summed E-state index contributed by atoms with van der Waals surface area (Å²) in [5, 5.41) is 6.64. The van der Waals surface area contributed by atoms with Crippen molar-refractivity contribution in [1.82, 2.24) is 5.43 Å². The number of ether oxygens (including phenoxy) is 2. The van der Waals surface area contributed by atoms with Crippen LogP contribution in [0.2, 0.25) is 0 Å². The summed E-state index contributed by atoms with van der Waals surface area (Å²) >= 11 is 0. The van der Waals surface area contributed by atoms with E-state index < -0.39 is 0 Å². The molecule has 27 heavy (non-hydrogen) atoms. The second-order valence-corrected chi connectivity index (χ2v) is 5.82. The normalized spacial score (nSPS) is 10.5. The van der Waals surface area contributed by atoms with Gasteiger partial charge in [0.2, 0.25) is 11.8 Å². The zero-order chi connectivity index (χ0) is 19.6. The fourth-order valence-electron chi connectivity index (χ4n) is 2.26. The lowest BCUT2D eigenvalue weighted by Crippen LogP contribution is -2.20. The van der Waals surface area contributed by atoms with Gasteiger partial charge in [0.25, 0.3) is 0 Å². The maximum atomic E-state index is 11.9. The van der Waals surface area contributed by atoms with Gasteiger partial charge in [0.05, 0.1) is 20.4 Å². The molecule has 0 heterocycles. The molecule has 142 valence electrons. The first kappa shape index (κ1) is 20.0. The van der Waals surface area contributed by atoms with E-state index >= 15 is 0 Å². The fourth-order valence-corrected chi connectivity index (χ4v) is 2.26. The van der Waals surface area contributed by atoms with Crippen LogP contribution in [0.5, 0.6) is 11.5 Å². The topological polar surface area (TPSA) is 89.0 Å². The van der Waals surface area contributed by atoms with E-state index in [1.54, 1.807) is 32.4 Å². The SMILES string of the molecule is COc1ccc(C=NNC(=O)CCC(=O)Nc2ccc(C)cc2)cc1OC. The van der Waals surface area contributed by atoms with E-state index in [9.17, 15) is 9.59 Å². The largest absolute Gasteiger partial charge is 0.493 e. The van der Waals surface area contributed by atoms with Crippen LogP contribution in [0.15, 0.2) is 47.6 Å². The summed E-state index contributed by atoms with van der Waals surface area (Å²) < 4.78 is 10.4. The van der Waals surface area contributed by atoms with Gasteiger partial charge in [-0.25, -0.2) is 5.43 Å². The Bertz CT molecular complexity index is 816. The van der Waals surface area contributed by atoms with Crippen LogP contribution in [0.25, 0.3) is 0 Å². The van der Waals surface area contributed by atoms with Crippen LogP contribution < -0.4 is 20.2 Å². The Morgan fingerprint density at radius 2 is 1.63 bits per heavy atom. The Hall–Kier alpha value is -3.35. The number of rotatable bonds is 8. The van der Waals surface area contributed by atoms with Crippen molar-refractivity contribution < 1.29 is 19.1 Å². The van der Waals surface area contributed by atoms with E-state index in [2.05, 4.69) is 15.8 Å². The molecule has 2 aromatic rings. The molecule has 0 aliphatic rings. The average molecular weight is 369 g/mol. The number of hydrazone groups is 1. The molecule has 0 bridgehead atoms. The molecule has 2 rings (SSSR count). The number of hydrogen-bond donors (Lipinski definition) is 2. The lowest BCUT2D eigenvalue weighted by molar-refractivity contribution is -0.124. The first-order valence-corrected chi connectivity index (χ1v) is 8.42. The minimum Gasteiger partial charge on any atom is -0.493 e. The van der Waals surface area contributed by atoms with Crippen LogP contribution in [-0.2, 0) is 9.59 Å². The van der Waals surface area contributed by atoms with E-state index in [1.165, 1.54) is 6.21 Å². The number of anilines is 1. The molecule has 2 amide bonds. The number of methoxy groups -OCH3 is 2. The average Bonchev–Trinajstić information content (AvgIpc) is 2.68. The summed E-state index contributed by atoms with van der Waals surface area (Å²) in [6.07, 6.45) is 1.61. The molecule has 0 radical (unpaired) electrons. The maximum absolute atomic E-state index is 11.9. The van der Waals surface area contributed by atoms with E-state index in [-0.39, 0.29) is 24.7 Å². The smallest absolute Gasteiger partial charge is 0.240 e. The molecule has 0 aliphatic carbocycles. The highest BCUT2D eigenvalue weighted by Gasteiger charge is 2.07. The molecule has 0 atom stereocenters. The van der Waals surface area contributed by atoms with Crippen LogP contribution in [-0.4, -0.2) is 32.2 Å². The van der Waals surface area contributed by atoms with Gasteiger partial charge in [-0.1, -0.05) is 17.7 Å². The molecule has 0 aliphatic heterocycles. The molecule has 7 heteroatoms. The predicted molar refractivity (Wildman–Crippen MR) is 104 cm³/mol. The molecular formula is C20H23N3O4. The molecule has 0 aromatic heterocycles. The van der Waals surface area contributed by atoms with Gasteiger partial charge in [-0.3, -0.25) is 9.59 Å². The fraction of sp³-hybridized carbons (Fsp3) is 0.250. The number of aryl methyl sites for hydroxylation is 1. The number of carbonyl (C=O) groups excluding carboxylic acids is 2. The van der Waals surface area contributed by atoms with Crippen molar-refractivity contribution >= 4 is 23.7 Å². The van der Waals surface area contributed by atoms with Gasteiger partial charge >= 0.3 is 0 Å². The van der Waals surface area contributed by atoms with E-state index in [0.717, 1.165) is 11.1 Å². The van der Waals surface area contributed by atoms with Crippen LogP contribution in [0, 0.1) is 6.92 Å². The highest BCUT2D eigenvalue weighted by atomic mass is 16.5. The van der Waals surface area contributed by atoms with Crippen LogP contribution in [0.1, 0.15) is 24.0 Å². The van der Waals surface area contributed by atoms with Crippen LogP contribution in [0.4, 0.5) is 5.69 Å². The van der Waals surface area contributed by atoms with E-state index in [4.69, 9.17) is 9.47 Å². The summed E-state index contributed by atoms with van der Waals surface area (Å²) in [5.41, 5.74) is 4.96. The van der Waals surface area contributed by atoms with E-state index in [0.29, 0.717) is 17.2 Å². The quantitative estimate of drug-likeness (QED) is 0.553. The molecule has 2 N–H and O–H groups in total. The van der Waals surface area contributed by atoms with Gasteiger partial charge in [0.1, 0.15) is 0 Å². The number of nitrogens with one attached hydrogen (secondary N) is 2. The third kappa shape index (κ3) is 6.47. The third-order valence-electron chi connectivity index (χ3n) is 3.72. The molecule has 0 saturated heterocycles. The van der Waals surface area contributed by atoms with E-state index in [1.807, 2.05) is 31.2 Å². The number of carbonyl (C=O) groups is 2. The Kier molecular flexibility index (Phi) is 7.37. The minimum absolute atomic E-state index is 0.0426. The molecule has 0 saturated carbocycles. The summed E-state index contributed by atoms with van der Waals surface area (Å²) in [6.45, 7) is 1.97. The van der Waals surface area contributed by atoms with Gasteiger partial charge in [0.15, 0.2) is 11.5 Å². The summed E-state index contributed by atoms with van der Waals surface area (Å²) in [7, 11) is 3.10. The molecule has 2 aromatic carbocycles. The molecule has 7 nitrogen and oxygen atoms in total. The Labute approximate surface area is 158 Å². The maximum Gasteiger partial charge on any atom is 0.240 e. The second-order valence-electron chi connectivity index (χ2n) is 5.82. The van der Waals surface area contributed by atoms with Crippen molar-refractivity contribution in [3.05, 3.63) is 53.6 Å². The van der Waals surface area contributed by atoms with Crippen molar-refractivity contribution in [3.8, 4) is 11.5 Å². The number of benzene rings is 2. The van der Waals surface area contributed by atoms with Gasteiger partial charge < -0.3 is 14.8 Å². The number of amides is 2. The summed E-state index contributed by atoms with van der Waals surface area (Å²) in [5.74, 6) is 0.613. The lowest BCUT2D eigenvalue weighted by atomic mass is 10.2. The molecule has 0 fully saturated rings. The van der Waals surface area contributed by atoms with Crippen molar-refractivity contribution in [1.29, 1.82) is 0 Å². The molecule has 0 spiro atoms. The highest BCUT2D eigenvalue weighted by molar-refractivity contribution is 5.93. The zero-order valence-corrected chi connectivity index (χ0v) is 15.6. The van der Waals surface area contributed by atoms with Crippen LogP contribution in [0.3, 0.4) is 0 Å². The van der Waals surface area contributed by atoms with Crippen molar-refractivity contribution in [2.45, 2.75) is 19.8 Å². The first-order valence-electron chi connectivity index (χ1n) is 8.42. The van der Waals surface area contributed by atoms with Crippen molar-refractivity contribution in [2.24, 2.45) is 5.10 Å². The van der Waals surface area contributed by atoms with Gasteiger partial charge in [-0.05, 0) is 42.8 Å². The lowest BCUT2D eigenvalue weighted by Gasteiger charge is -2.07. The molecular weight excluding hydrogens is 346 g/mol.